The van der Waals surface area contributed by atoms with Gasteiger partial charge in [0, 0.05) is 6.07 Å². The van der Waals surface area contributed by atoms with E-state index in [0.717, 1.165) is 0 Å². The Morgan fingerprint density at radius 1 is 1.42 bits per heavy atom. The number of carbonyl (C=O) groups is 1. The fraction of sp³-hybridized carbons (Fsp3) is 0.167. The Morgan fingerprint density at radius 2 is 2.21 bits per heavy atom. The van der Waals surface area contributed by atoms with Crippen LogP contribution in [0, 0.1) is 5.82 Å². The molecular formula is C12H9ClFNO4. The van der Waals surface area contributed by atoms with E-state index in [1.54, 1.807) is 6.07 Å². The molecular weight excluding hydrogens is 277 g/mol. The average molecular weight is 286 g/mol. The van der Waals surface area contributed by atoms with E-state index in [4.69, 9.17) is 26.0 Å². The molecule has 7 heteroatoms. The number of hydrogen-bond acceptors (Lipinski definition) is 4. The maximum atomic E-state index is 12.9. The van der Waals surface area contributed by atoms with Crippen LogP contribution in [-0.2, 0) is 18.0 Å². The fourth-order valence-corrected chi connectivity index (χ4v) is 1.58. The van der Waals surface area contributed by atoms with Gasteiger partial charge in [-0.2, -0.15) is 0 Å². The van der Waals surface area contributed by atoms with Crippen LogP contribution in [-0.4, -0.2) is 16.2 Å². The number of carboxylic acids is 1. The molecule has 0 saturated carbocycles. The Bertz CT molecular complexity index is 599. The Labute approximate surface area is 112 Å². The second kappa shape index (κ2) is 5.81. The van der Waals surface area contributed by atoms with Gasteiger partial charge in [0.15, 0.2) is 11.5 Å². The molecule has 0 bridgehead atoms. The van der Waals surface area contributed by atoms with Crippen molar-refractivity contribution in [2.45, 2.75) is 13.2 Å². The fourth-order valence-electron chi connectivity index (χ4n) is 1.38. The molecule has 0 saturated heterocycles. The van der Waals surface area contributed by atoms with Crippen LogP contribution in [0.4, 0.5) is 4.39 Å². The number of ether oxygens (including phenoxy) is 1. The Balaban J connectivity index is 1.88. The highest BCUT2D eigenvalue weighted by atomic mass is 35.5. The molecule has 19 heavy (non-hydrogen) atoms. The zero-order valence-corrected chi connectivity index (χ0v) is 10.4. The van der Waals surface area contributed by atoms with Crippen LogP contribution in [0.1, 0.15) is 21.8 Å². The lowest BCUT2D eigenvalue weighted by molar-refractivity contribution is 0.0683. The number of halogens is 2. The number of carboxylic acid groups (broad SMARTS) is 1. The zero-order valence-electron chi connectivity index (χ0n) is 9.60. The van der Waals surface area contributed by atoms with Crippen molar-refractivity contribution in [1.82, 2.24) is 5.16 Å². The molecule has 2 aromatic rings. The van der Waals surface area contributed by atoms with Crippen LogP contribution < -0.4 is 0 Å². The third kappa shape index (κ3) is 3.52. The van der Waals surface area contributed by atoms with Crippen LogP contribution in [0.25, 0.3) is 0 Å². The summed E-state index contributed by atoms with van der Waals surface area (Å²) in [6.45, 7) is 0.262. The summed E-state index contributed by atoms with van der Waals surface area (Å²) in [7, 11) is 0. The minimum Gasteiger partial charge on any atom is -0.476 e. The maximum Gasteiger partial charge on any atom is 0.358 e. The van der Waals surface area contributed by atoms with Gasteiger partial charge in [-0.15, -0.1) is 0 Å². The van der Waals surface area contributed by atoms with Crippen molar-refractivity contribution < 1.29 is 23.6 Å². The molecule has 1 aromatic heterocycles. The first kappa shape index (κ1) is 13.5. The smallest absolute Gasteiger partial charge is 0.358 e. The highest BCUT2D eigenvalue weighted by molar-refractivity contribution is 6.30. The minimum absolute atomic E-state index is 0.0222. The molecule has 0 fully saturated rings. The lowest BCUT2D eigenvalue weighted by atomic mass is 10.2. The number of hydrogen-bond donors (Lipinski definition) is 1. The average Bonchev–Trinajstić information content (AvgIpc) is 2.83. The molecule has 2 rings (SSSR count). The third-order valence-corrected chi connectivity index (χ3v) is 2.56. The second-order valence-electron chi connectivity index (χ2n) is 3.72. The van der Waals surface area contributed by atoms with Crippen molar-refractivity contribution in [2.24, 2.45) is 0 Å². The van der Waals surface area contributed by atoms with E-state index in [9.17, 15) is 9.18 Å². The predicted octanol–water partition coefficient (Wildman–Crippen LogP) is 2.88. The summed E-state index contributed by atoms with van der Waals surface area (Å²) < 4.78 is 23.0. The van der Waals surface area contributed by atoms with Crippen molar-refractivity contribution in [3.05, 3.63) is 52.1 Å². The van der Waals surface area contributed by atoms with E-state index in [1.165, 1.54) is 18.2 Å². The van der Waals surface area contributed by atoms with Crippen LogP contribution in [0.2, 0.25) is 5.02 Å². The van der Waals surface area contributed by atoms with E-state index in [2.05, 4.69) is 5.16 Å². The molecule has 0 aliphatic heterocycles. The molecule has 0 radical (unpaired) electrons. The van der Waals surface area contributed by atoms with Gasteiger partial charge in [-0.05, 0) is 17.7 Å². The second-order valence-corrected chi connectivity index (χ2v) is 4.13. The summed E-state index contributed by atoms with van der Waals surface area (Å²) in [6.07, 6.45) is 0. The number of rotatable bonds is 5. The highest BCUT2D eigenvalue weighted by Crippen LogP contribution is 2.17. The quantitative estimate of drug-likeness (QED) is 0.914. The number of aromatic nitrogens is 1. The van der Waals surface area contributed by atoms with E-state index < -0.39 is 11.8 Å². The molecule has 0 atom stereocenters. The lowest BCUT2D eigenvalue weighted by Crippen LogP contribution is -1.95. The van der Waals surface area contributed by atoms with Gasteiger partial charge >= 0.3 is 5.97 Å². The van der Waals surface area contributed by atoms with Gasteiger partial charge in [0.2, 0.25) is 0 Å². The van der Waals surface area contributed by atoms with Gasteiger partial charge in [0.1, 0.15) is 12.4 Å². The number of aromatic carboxylic acids is 1. The maximum absolute atomic E-state index is 12.9. The van der Waals surface area contributed by atoms with E-state index in [0.29, 0.717) is 11.3 Å². The van der Waals surface area contributed by atoms with Gasteiger partial charge in [0.25, 0.3) is 0 Å². The molecule has 100 valence electrons. The monoisotopic (exact) mass is 285 g/mol. The minimum atomic E-state index is -1.17. The normalized spacial score (nSPS) is 10.6. The summed E-state index contributed by atoms with van der Waals surface area (Å²) in [5.41, 5.74) is 0.521. The summed E-state index contributed by atoms with van der Waals surface area (Å²) in [5, 5.41) is 12.0. The standard InChI is InChI=1S/C12H9ClFNO4/c13-9-3-7(1-2-10(9)14)5-18-6-8-4-11(12(16)17)15-19-8/h1-4H,5-6H2,(H,16,17). The molecule has 1 N–H and O–H groups in total. The summed E-state index contributed by atoms with van der Waals surface area (Å²) in [6, 6.07) is 5.53. The molecule has 0 spiro atoms. The third-order valence-electron chi connectivity index (χ3n) is 2.28. The zero-order chi connectivity index (χ0) is 13.8. The molecule has 0 aliphatic carbocycles. The molecule has 1 heterocycles. The number of benzene rings is 1. The van der Waals surface area contributed by atoms with Crippen LogP contribution in [0.3, 0.4) is 0 Å². The van der Waals surface area contributed by atoms with Gasteiger partial charge < -0.3 is 14.4 Å². The first-order valence-electron chi connectivity index (χ1n) is 5.27. The molecule has 0 amide bonds. The van der Waals surface area contributed by atoms with Crippen LogP contribution in [0.15, 0.2) is 28.8 Å². The molecule has 5 nitrogen and oxygen atoms in total. The van der Waals surface area contributed by atoms with Crippen molar-refractivity contribution in [1.29, 1.82) is 0 Å². The largest absolute Gasteiger partial charge is 0.476 e. The Kier molecular flexibility index (Phi) is 4.13. The molecule has 0 aliphatic rings. The first-order valence-corrected chi connectivity index (χ1v) is 5.64. The Hall–Kier alpha value is -1.92. The van der Waals surface area contributed by atoms with Gasteiger partial charge in [0.05, 0.1) is 11.6 Å². The lowest BCUT2D eigenvalue weighted by Gasteiger charge is -2.03. The topological polar surface area (TPSA) is 72.6 Å². The van der Waals surface area contributed by atoms with Crippen LogP contribution in [0.5, 0.6) is 0 Å². The van der Waals surface area contributed by atoms with Gasteiger partial charge in [-0.3, -0.25) is 0 Å². The van der Waals surface area contributed by atoms with Crippen molar-refractivity contribution in [2.75, 3.05) is 0 Å². The molecule has 1 aromatic carbocycles. The van der Waals surface area contributed by atoms with Gasteiger partial charge in [-0.25, -0.2) is 9.18 Å². The van der Waals surface area contributed by atoms with Crippen LogP contribution >= 0.6 is 11.6 Å². The predicted molar refractivity (Wildman–Crippen MR) is 63.4 cm³/mol. The highest BCUT2D eigenvalue weighted by Gasteiger charge is 2.10. The van der Waals surface area contributed by atoms with Crippen molar-refractivity contribution in [3.8, 4) is 0 Å². The number of nitrogens with zero attached hydrogens (tertiary/aromatic N) is 1. The van der Waals surface area contributed by atoms with E-state index >= 15 is 0 Å². The van der Waals surface area contributed by atoms with Gasteiger partial charge in [-0.1, -0.05) is 22.8 Å². The van der Waals surface area contributed by atoms with Crippen molar-refractivity contribution >= 4 is 17.6 Å². The Morgan fingerprint density at radius 3 is 2.84 bits per heavy atom. The summed E-state index contributed by atoms with van der Waals surface area (Å²) in [4.78, 5) is 10.6. The summed E-state index contributed by atoms with van der Waals surface area (Å²) >= 11 is 5.62. The first-order chi connectivity index (χ1) is 9.06. The summed E-state index contributed by atoms with van der Waals surface area (Å²) in [5.74, 6) is -1.36. The van der Waals surface area contributed by atoms with E-state index in [-0.39, 0.29) is 23.9 Å². The molecule has 0 unspecified atom stereocenters. The van der Waals surface area contributed by atoms with E-state index in [1.807, 2.05) is 0 Å². The SMILES string of the molecule is O=C(O)c1cc(COCc2ccc(F)c(Cl)c2)on1. The van der Waals surface area contributed by atoms with Crippen molar-refractivity contribution in [3.63, 3.8) is 0 Å².